The number of rotatable bonds is 11. The Hall–Kier alpha value is -2.56. The molecule has 0 amide bonds. The number of sulfonamides is 1. The minimum Gasteiger partial charge on any atom is -0.497 e. The van der Waals surface area contributed by atoms with Crippen LogP contribution >= 0.6 is 11.5 Å². The average Bonchev–Trinajstić information content (AvgIpc) is 3.26. The third-order valence-electron chi connectivity index (χ3n) is 5.09. The van der Waals surface area contributed by atoms with Crippen molar-refractivity contribution in [1.29, 1.82) is 0 Å². The van der Waals surface area contributed by atoms with E-state index >= 15 is 0 Å². The molecule has 0 fully saturated rings. The number of anilines is 1. The number of ether oxygens (including phenoxy) is 1. The monoisotopic (exact) mass is 478 g/mol. The zero-order valence-electron chi connectivity index (χ0n) is 18.4. The van der Waals surface area contributed by atoms with Gasteiger partial charge in [-0.2, -0.15) is 8.68 Å². The highest BCUT2D eigenvalue weighted by molar-refractivity contribution is 7.89. The highest BCUT2D eigenvalue weighted by Gasteiger charge is 2.24. The molecule has 1 aromatic heterocycles. The van der Waals surface area contributed by atoms with Crippen molar-refractivity contribution in [3.05, 3.63) is 65.7 Å². The number of likely N-dealkylation sites (N-methyl/N-ethyl adjacent to an activating group) is 2. The smallest absolute Gasteiger partial charge is 0.243 e. The largest absolute Gasteiger partial charge is 0.497 e. The second kappa shape index (κ2) is 10.8. The predicted octanol–water partition coefficient (Wildman–Crippen LogP) is 3.81. The molecule has 32 heavy (non-hydrogen) atoms. The Morgan fingerprint density at radius 1 is 1.03 bits per heavy atom. The summed E-state index contributed by atoms with van der Waals surface area (Å²) in [5, 5.41) is 0.691. The Kier molecular flexibility index (Phi) is 8.16. The molecule has 0 bridgehead atoms. The fourth-order valence-corrected chi connectivity index (χ4v) is 5.44. The first kappa shape index (κ1) is 24.1. The van der Waals surface area contributed by atoms with Gasteiger partial charge in [-0.25, -0.2) is 17.8 Å². The van der Waals surface area contributed by atoms with E-state index in [4.69, 9.17) is 4.74 Å². The third-order valence-corrected chi connectivity index (χ3v) is 7.89. The number of nitrogens with zero attached hydrogens (tertiary/aromatic N) is 4. The van der Waals surface area contributed by atoms with E-state index in [-0.39, 0.29) is 10.7 Å². The molecular weight excluding hydrogens is 451 g/mol. The van der Waals surface area contributed by atoms with E-state index in [1.807, 2.05) is 18.7 Å². The molecule has 0 spiro atoms. The molecule has 3 aromatic rings. The first-order valence-corrected chi connectivity index (χ1v) is 12.6. The first-order valence-electron chi connectivity index (χ1n) is 10.3. The van der Waals surface area contributed by atoms with Crippen LogP contribution in [0.1, 0.15) is 25.2 Å². The highest BCUT2D eigenvalue weighted by atomic mass is 32.2. The van der Waals surface area contributed by atoms with E-state index in [1.54, 1.807) is 42.5 Å². The fourth-order valence-electron chi connectivity index (χ4n) is 3.22. The lowest BCUT2D eigenvalue weighted by Gasteiger charge is -2.25. The Balaban J connectivity index is 1.68. The lowest BCUT2D eigenvalue weighted by molar-refractivity contribution is 0.413. The number of hydrogen-bond donors (Lipinski definition) is 0. The summed E-state index contributed by atoms with van der Waals surface area (Å²) in [7, 11) is -2.09. The summed E-state index contributed by atoms with van der Waals surface area (Å²) in [6.45, 7) is 5.56. The van der Waals surface area contributed by atoms with Gasteiger partial charge in [-0.3, -0.25) is 0 Å². The minimum absolute atomic E-state index is 0.228. The molecular formula is C22H27FN4O3S2. The molecule has 0 saturated heterocycles. The van der Waals surface area contributed by atoms with E-state index in [1.165, 1.54) is 29.0 Å². The molecule has 3 rings (SSSR count). The summed E-state index contributed by atoms with van der Waals surface area (Å²) in [4.78, 5) is 6.75. The zero-order valence-corrected chi connectivity index (χ0v) is 20.0. The second-order valence-corrected chi connectivity index (χ2v) is 9.68. The molecule has 0 unspecified atom stereocenters. The van der Waals surface area contributed by atoms with Crippen LogP contribution in [0.2, 0.25) is 0 Å². The van der Waals surface area contributed by atoms with Gasteiger partial charge in [0.15, 0.2) is 0 Å². The van der Waals surface area contributed by atoms with Gasteiger partial charge in [-0.05, 0) is 42.8 Å². The first-order chi connectivity index (χ1) is 15.4. The van der Waals surface area contributed by atoms with Gasteiger partial charge in [0.2, 0.25) is 15.2 Å². The second-order valence-electron chi connectivity index (χ2n) is 7.01. The van der Waals surface area contributed by atoms with E-state index in [2.05, 4.69) is 9.36 Å². The van der Waals surface area contributed by atoms with Crippen LogP contribution in [0.15, 0.2) is 53.4 Å². The zero-order chi connectivity index (χ0) is 23.1. The van der Waals surface area contributed by atoms with Crippen molar-refractivity contribution in [3.8, 4) is 5.75 Å². The van der Waals surface area contributed by atoms with Crippen molar-refractivity contribution in [2.75, 3.05) is 38.2 Å². The molecule has 0 saturated carbocycles. The van der Waals surface area contributed by atoms with Crippen LogP contribution in [-0.4, -0.2) is 55.4 Å². The van der Waals surface area contributed by atoms with Crippen LogP contribution < -0.4 is 9.64 Å². The quantitative estimate of drug-likeness (QED) is 0.417. The minimum atomic E-state index is -3.63. The number of methoxy groups -OCH3 is 1. The summed E-state index contributed by atoms with van der Waals surface area (Å²) >= 11 is 1.24. The summed E-state index contributed by atoms with van der Waals surface area (Å²) < 4.78 is 50.9. The molecule has 2 aromatic carbocycles. The SMILES string of the molecule is CCN(CCN(CC)S(=O)(=O)c1ccc(OC)cc1)c1nc(Cc2ccccc2F)ns1. The maximum Gasteiger partial charge on any atom is 0.243 e. The summed E-state index contributed by atoms with van der Waals surface area (Å²) in [6.07, 6.45) is 0.313. The number of benzene rings is 2. The lowest BCUT2D eigenvalue weighted by Crippen LogP contribution is -2.38. The average molecular weight is 479 g/mol. The van der Waals surface area contributed by atoms with Crippen LogP contribution in [0.4, 0.5) is 9.52 Å². The predicted molar refractivity (Wildman–Crippen MR) is 124 cm³/mol. The van der Waals surface area contributed by atoms with Crippen LogP contribution in [0.3, 0.4) is 0 Å². The highest BCUT2D eigenvalue weighted by Crippen LogP contribution is 2.22. The maximum absolute atomic E-state index is 13.9. The Bertz CT molecular complexity index is 1120. The molecule has 0 N–H and O–H groups in total. The van der Waals surface area contributed by atoms with Crippen LogP contribution in [-0.2, 0) is 16.4 Å². The number of hydrogen-bond acceptors (Lipinski definition) is 7. The van der Waals surface area contributed by atoms with E-state index in [9.17, 15) is 12.8 Å². The van der Waals surface area contributed by atoms with Gasteiger partial charge >= 0.3 is 0 Å². The molecule has 172 valence electrons. The fraction of sp³-hybridized carbons (Fsp3) is 0.364. The van der Waals surface area contributed by atoms with Gasteiger partial charge < -0.3 is 9.64 Å². The van der Waals surface area contributed by atoms with Crippen molar-refractivity contribution in [2.24, 2.45) is 0 Å². The van der Waals surface area contributed by atoms with Gasteiger partial charge in [0.05, 0.1) is 12.0 Å². The topological polar surface area (TPSA) is 75.6 Å². The van der Waals surface area contributed by atoms with Crippen molar-refractivity contribution >= 4 is 26.7 Å². The number of halogens is 1. The van der Waals surface area contributed by atoms with E-state index in [0.717, 1.165) is 0 Å². The van der Waals surface area contributed by atoms with Crippen molar-refractivity contribution in [1.82, 2.24) is 13.7 Å². The Morgan fingerprint density at radius 2 is 1.75 bits per heavy atom. The summed E-state index contributed by atoms with van der Waals surface area (Å²) in [5.41, 5.74) is 0.544. The molecule has 7 nitrogen and oxygen atoms in total. The van der Waals surface area contributed by atoms with Crippen LogP contribution in [0.25, 0.3) is 0 Å². The van der Waals surface area contributed by atoms with Crippen molar-refractivity contribution in [3.63, 3.8) is 0 Å². The maximum atomic E-state index is 13.9. The van der Waals surface area contributed by atoms with Gasteiger partial charge in [0, 0.05) is 44.1 Å². The molecule has 1 heterocycles. The Morgan fingerprint density at radius 3 is 2.38 bits per heavy atom. The molecule has 0 aliphatic heterocycles. The lowest BCUT2D eigenvalue weighted by atomic mass is 10.1. The van der Waals surface area contributed by atoms with Gasteiger partial charge in [0.1, 0.15) is 17.4 Å². The van der Waals surface area contributed by atoms with E-state index < -0.39 is 10.0 Å². The molecule has 0 radical (unpaired) electrons. The van der Waals surface area contributed by atoms with Crippen LogP contribution in [0, 0.1) is 5.82 Å². The van der Waals surface area contributed by atoms with Gasteiger partial charge in [0.25, 0.3) is 0 Å². The standard InChI is InChI=1S/C22H27FN4O3S2/c1-4-26(22-24-21(25-31-22)16-17-8-6-7-9-20(17)23)14-15-27(5-2)32(28,29)19-12-10-18(30-3)11-13-19/h6-13H,4-5,14-16H2,1-3H3. The molecule has 10 heteroatoms. The third kappa shape index (κ3) is 5.62. The molecule has 0 atom stereocenters. The van der Waals surface area contributed by atoms with Crippen molar-refractivity contribution < 1.29 is 17.5 Å². The van der Waals surface area contributed by atoms with Crippen molar-refractivity contribution in [2.45, 2.75) is 25.2 Å². The normalized spacial score (nSPS) is 11.7. The van der Waals surface area contributed by atoms with E-state index in [0.29, 0.717) is 54.9 Å². The summed E-state index contributed by atoms with van der Waals surface area (Å²) in [6, 6.07) is 12.9. The van der Waals surface area contributed by atoms with Gasteiger partial charge in [-0.15, -0.1) is 0 Å². The molecule has 0 aliphatic rings. The molecule has 0 aliphatic carbocycles. The summed E-state index contributed by atoms with van der Waals surface area (Å²) in [5.74, 6) is 0.872. The Labute approximate surface area is 192 Å². The van der Waals surface area contributed by atoms with Gasteiger partial charge in [-0.1, -0.05) is 25.1 Å². The van der Waals surface area contributed by atoms with Crippen LogP contribution in [0.5, 0.6) is 5.75 Å². The number of aromatic nitrogens is 2.